The zero-order valence-electron chi connectivity index (χ0n) is 25.2. The summed E-state index contributed by atoms with van der Waals surface area (Å²) in [5.74, 6) is 0. The van der Waals surface area contributed by atoms with E-state index in [1.54, 1.807) is 0 Å². The van der Waals surface area contributed by atoms with Crippen molar-refractivity contribution in [2.45, 2.75) is 70.7 Å². The van der Waals surface area contributed by atoms with Gasteiger partial charge in [0.1, 0.15) is 0 Å². The number of benzene rings is 4. The van der Waals surface area contributed by atoms with Crippen LogP contribution in [0.25, 0.3) is 53.1 Å². The molecule has 2 aromatic heterocycles. The second kappa shape index (κ2) is 13.4. The van der Waals surface area contributed by atoms with E-state index in [0.29, 0.717) is 12.1 Å². The quantitative estimate of drug-likeness (QED) is 0.131. The first kappa shape index (κ1) is 33.0. The molecule has 0 aliphatic heterocycles. The molecule has 6 heteroatoms. The molecule has 42 heavy (non-hydrogen) atoms. The fraction of sp³-hybridized carbons (Fsp3) is 0.306. The third kappa shape index (κ3) is 6.60. The minimum absolute atomic E-state index is 0. The maximum Gasteiger partial charge on any atom is 3.00 e. The largest absolute Gasteiger partial charge is 3.00 e. The second-order valence-corrected chi connectivity index (χ2v) is 14.4. The molecule has 6 rings (SSSR count). The Hall–Kier alpha value is -1.92. The molecule has 0 aliphatic carbocycles. The zero-order valence-corrected chi connectivity index (χ0v) is 30.0. The van der Waals surface area contributed by atoms with Crippen LogP contribution in [0.3, 0.4) is 0 Å². The monoisotopic (exact) mass is 786 g/mol. The van der Waals surface area contributed by atoms with Crippen molar-refractivity contribution >= 4 is 78.4 Å². The minimum atomic E-state index is -0.167. The summed E-state index contributed by atoms with van der Waals surface area (Å²) in [6, 6.07) is 32.7. The smallest absolute Gasteiger partial charge is 0.800 e. The van der Waals surface area contributed by atoms with Crippen LogP contribution < -0.4 is 0 Å². The summed E-state index contributed by atoms with van der Waals surface area (Å²) < 4.78 is 2.38. The summed E-state index contributed by atoms with van der Waals surface area (Å²) in [6.07, 6.45) is 0. The van der Waals surface area contributed by atoms with Gasteiger partial charge in [-0.25, -0.2) is 4.71 Å². The average molecular weight is 786 g/mol. The summed E-state index contributed by atoms with van der Waals surface area (Å²) in [4.78, 5) is 7.31. The number of aromatic nitrogens is 1. The van der Waals surface area contributed by atoms with Gasteiger partial charge < -0.3 is 30.2 Å². The molecule has 0 spiro atoms. The van der Waals surface area contributed by atoms with Crippen LogP contribution >= 0.6 is 11.3 Å². The molecule has 0 radical (unpaired) electrons. The molecule has 4 aromatic carbocycles. The van der Waals surface area contributed by atoms with Crippen LogP contribution in [0, 0.1) is 6.07 Å². The van der Waals surface area contributed by atoms with Crippen LogP contribution in [0.1, 0.15) is 54.0 Å². The molecule has 218 valence electrons. The Kier molecular flexibility index (Phi) is 10.5. The molecule has 2 nitrogen and oxygen atoms in total. The fourth-order valence-electron chi connectivity index (χ4n) is 5.68. The van der Waals surface area contributed by atoms with Gasteiger partial charge in [0.2, 0.25) is 0 Å². The zero-order chi connectivity index (χ0) is 29.5. The Bertz CT molecular complexity index is 1810. The van der Waals surface area contributed by atoms with Crippen molar-refractivity contribution in [3.05, 3.63) is 90.5 Å². The number of rotatable bonds is 4. The van der Waals surface area contributed by atoms with E-state index in [0.717, 1.165) is 22.2 Å². The van der Waals surface area contributed by atoms with Crippen LogP contribution in [0.2, 0.25) is 0 Å². The van der Waals surface area contributed by atoms with E-state index in [2.05, 4.69) is 138 Å². The van der Waals surface area contributed by atoms with Gasteiger partial charge in [-0.2, -0.15) is 0 Å². The molecular formula is C36H37IrN2S3. The van der Waals surface area contributed by atoms with E-state index in [4.69, 9.17) is 30.2 Å². The van der Waals surface area contributed by atoms with Gasteiger partial charge in [0.05, 0.1) is 5.52 Å². The average Bonchev–Trinajstić information content (AvgIpc) is 3.31. The molecule has 0 bridgehead atoms. The van der Waals surface area contributed by atoms with Crippen molar-refractivity contribution in [1.82, 2.24) is 9.88 Å². The summed E-state index contributed by atoms with van der Waals surface area (Å²) >= 11 is 11.8. The Labute approximate surface area is 279 Å². The molecule has 2 heterocycles. The van der Waals surface area contributed by atoms with E-state index in [-0.39, 0.29) is 30.2 Å². The SMILES string of the molecule is CC(C)(C)c1cc(-c2nc3ccccc3c3c2sc2ccccc23)[c-]c2ccccc12.CC(C)N(C(C)C)C([S-])[S-].[Ir+3]. The van der Waals surface area contributed by atoms with E-state index >= 15 is 0 Å². The van der Waals surface area contributed by atoms with Crippen LogP contribution in [-0.2, 0) is 50.8 Å². The summed E-state index contributed by atoms with van der Waals surface area (Å²) in [5, 5.41) is 6.25. The first-order valence-electron chi connectivity index (χ1n) is 14.2. The van der Waals surface area contributed by atoms with E-state index < -0.39 is 0 Å². The van der Waals surface area contributed by atoms with Gasteiger partial charge >= 0.3 is 20.1 Å². The molecule has 0 N–H and O–H groups in total. The van der Waals surface area contributed by atoms with Crippen molar-refractivity contribution in [3.63, 3.8) is 0 Å². The molecule has 0 atom stereocenters. The number of para-hydroxylation sites is 1. The minimum Gasteiger partial charge on any atom is -0.800 e. The number of hydrogen-bond donors (Lipinski definition) is 0. The number of pyridine rings is 1. The summed E-state index contributed by atoms with van der Waals surface area (Å²) in [6.45, 7) is 15.3. The van der Waals surface area contributed by atoms with Crippen molar-refractivity contribution in [3.8, 4) is 11.3 Å². The molecule has 0 amide bonds. The Morgan fingerprint density at radius 1 is 0.786 bits per heavy atom. The van der Waals surface area contributed by atoms with Crippen molar-refractivity contribution in [1.29, 1.82) is 0 Å². The predicted molar refractivity (Wildman–Crippen MR) is 186 cm³/mol. The summed E-state index contributed by atoms with van der Waals surface area (Å²) in [7, 11) is 0. The summed E-state index contributed by atoms with van der Waals surface area (Å²) in [5.41, 5.74) is 4.50. The van der Waals surface area contributed by atoms with Crippen molar-refractivity contribution in [2.24, 2.45) is 0 Å². The van der Waals surface area contributed by atoms with E-state index in [1.807, 2.05) is 11.3 Å². The molecule has 0 aliphatic rings. The Morgan fingerprint density at radius 3 is 1.95 bits per heavy atom. The van der Waals surface area contributed by atoms with Gasteiger partial charge in [-0.05, 0) is 45.2 Å². The van der Waals surface area contributed by atoms with Gasteiger partial charge in [-0.1, -0.05) is 86.3 Å². The van der Waals surface area contributed by atoms with Crippen molar-refractivity contribution < 1.29 is 20.1 Å². The molecule has 0 saturated carbocycles. The number of fused-ring (bicyclic) bond motifs is 6. The third-order valence-corrected chi connectivity index (χ3v) is 9.15. The Balaban J connectivity index is 0.000000320. The van der Waals surface area contributed by atoms with Gasteiger partial charge in [-0.15, -0.1) is 40.5 Å². The van der Waals surface area contributed by atoms with Crippen LogP contribution in [0.15, 0.2) is 78.9 Å². The Morgan fingerprint density at radius 2 is 1.36 bits per heavy atom. The molecule has 0 fully saturated rings. The topological polar surface area (TPSA) is 16.1 Å². The molecule has 0 unspecified atom stereocenters. The first-order valence-corrected chi connectivity index (χ1v) is 16.0. The molecular weight excluding hydrogens is 749 g/mol. The van der Waals surface area contributed by atoms with Crippen molar-refractivity contribution in [2.75, 3.05) is 0 Å². The fourth-order valence-corrected chi connectivity index (χ4v) is 7.87. The number of thiophene rings is 1. The van der Waals surface area contributed by atoms with Gasteiger partial charge in [-0.3, -0.25) is 4.98 Å². The van der Waals surface area contributed by atoms with E-state index in [9.17, 15) is 0 Å². The van der Waals surface area contributed by atoms with Gasteiger partial charge in [0.25, 0.3) is 0 Å². The predicted octanol–water partition coefficient (Wildman–Crippen LogP) is 10.0. The van der Waals surface area contributed by atoms with Crippen LogP contribution in [0.5, 0.6) is 0 Å². The number of nitrogens with zero attached hydrogens (tertiary/aromatic N) is 2. The maximum atomic E-state index is 5.18. The van der Waals surface area contributed by atoms with Gasteiger partial charge in [0.15, 0.2) is 0 Å². The van der Waals surface area contributed by atoms with E-state index in [1.165, 1.54) is 36.5 Å². The normalized spacial score (nSPS) is 12.1. The molecule has 0 saturated heterocycles. The first-order chi connectivity index (χ1) is 19.5. The van der Waals surface area contributed by atoms with Gasteiger partial charge in [0, 0.05) is 43.3 Å². The standard InChI is InChI=1S/C29H22NS.C7H17NS2.Ir/c1-29(2,3)23-17-19(16-18-10-4-5-11-20(18)23)27-28-26(21-12-6-8-14-24(21)30-27)22-13-7-9-15-25(22)31-28;1-5(2)8(6(3)4)7(9)10;/h4-15,17H,1-3H3;5-7,9-10H,1-4H3;/q-1;;+3/p-2. The maximum absolute atomic E-state index is 5.18. The third-order valence-electron chi connectivity index (χ3n) is 7.49. The van der Waals surface area contributed by atoms with Crippen LogP contribution in [-0.4, -0.2) is 26.7 Å². The second-order valence-electron chi connectivity index (χ2n) is 12.1. The molecule has 6 aromatic rings. The van der Waals surface area contributed by atoms with Crippen LogP contribution in [0.4, 0.5) is 0 Å². The number of hydrogen-bond acceptors (Lipinski definition) is 5.